The summed E-state index contributed by atoms with van der Waals surface area (Å²) < 4.78 is 5.34. The summed E-state index contributed by atoms with van der Waals surface area (Å²) in [6, 6.07) is 9.66. The SMILES string of the molecule is COc1ccccc1CN(C)C(=O)CSc1cc(C)nc(C(C)C)n1. The van der Waals surface area contributed by atoms with E-state index < -0.39 is 0 Å². The van der Waals surface area contributed by atoms with Gasteiger partial charge in [0.05, 0.1) is 12.9 Å². The van der Waals surface area contributed by atoms with Crippen LogP contribution in [0.4, 0.5) is 0 Å². The number of aromatic nitrogens is 2. The first kappa shape index (κ1) is 19.2. The number of aryl methyl sites for hydroxylation is 1. The average molecular weight is 359 g/mol. The number of carbonyl (C=O) groups is 1. The van der Waals surface area contributed by atoms with Crippen LogP contribution in [0.25, 0.3) is 0 Å². The number of benzene rings is 1. The number of methoxy groups -OCH3 is 1. The van der Waals surface area contributed by atoms with Crippen molar-refractivity contribution < 1.29 is 9.53 Å². The fraction of sp³-hybridized carbons (Fsp3) is 0.421. The van der Waals surface area contributed by atoms with Crippen molar-refractivity contribution >= 4 is 17.7 Å². The van der Waals surface area contributed by atoms with E-state index in [-0.39, 0.29) is 11.8 Å². The number of ether oxygens (including phenoxy) is 1. The third-order valence-corrected chi connectivity index (χ3v) is 4.63. The van der Waals surface area contributed by atoms with Gasteiger partial charge in [0.25, 0.3) is 0 Å². The number of hydrogen-bond acceptors (Lipinski definition) is 5. The Bertz CT molecular complexity index is 734. The van der Waals surface area contributed by atoms with Crippen LogP contribution in [-0.4, -0.2) is 40.7 Å². The Hall–Kier alpha value is -2.08. The van der Waals surface area contributed by atoms with Gasteiger partial charge in [-0.3, -0.25) is 4.79 Å². The van der Waals surface area contributed by atoms with Gasteiger partial charge in [0.2, 0.25) is 5.91 Å². The van der Waals surface area contributed by atoms with Gasteiger partial charge in [0, 0.05) is 30.8 Å². The molecule has 0 aliphatic heterocycles. The molecule has 0 bridgehead atoms. The molecule has 2 aromatic rings. The first-order chi connectivity index (χ1) is 11.9. The van der Waals surface area contributed by atoms with Crippen LogP contribution in [0.5, 0.6) is 5.75 Å². The Kier molecular flexibility index (Phi) is 6.82. The monoisotopic (exact) mass is 359 g/mol. The summed E-state index contributed by atoms with van der Waals surface area (Å²) in [6.45, 7) is 6.60. The lowest BCUT2D eigenvalue weighted by Crippen LogP contribution is -2.28. The van der Waals surface area contributed by atoms with Crippen LogP contribution in [-0.2, 0) is 11.3 Å². The maximum atomic E-state index is 12.4. The lowest BCUT2D eigenvalue weighted by molar-refractivity contribution is -0.127. The maximum Gasteiger partial charge on any atom is 0.233 e. The van der Waals surface area contributed by atoms with E-state index in [9.17, 15) is 4.79 Å². The Morgan fingerprint density at radius 3 is 2.68 bits per heavy atom. The van der Waals surface area contributed by atoms with Gasteiger partial charge >= 0.3 is 0 Å². The molecular formula is C19H25N3O2S. The van der Waals surface area contributed by atoms with E-state index in [0.29, 0.717) is 12.3 Å². The third-order valence-electron chi connectivity index (χ3n) is 3.73. The molecule has 0 N–H and O–H groups in total. The van der Waals surface area contributed by atoms with Crippen LogP contribution in [0.3, 0.4) is 0 Å². The second kappa shape index (κ2) is 8.85. The van der Waals surface area contributed by atoms with Crippen molar-refractivity contribution in [2.45, 2.75) is 38.3 Å². The van der Waals surface area contributed by atoms with Crippen LogP contribution in [0.2, 0.25) is 0 Å². The van der Waals surface area contributed by atoms with Crippen LogP contribution in [0.15, 0.2) is 35.4 Å². The Morgan fingerprint density at radius 1 is 1.28 bits per heavy atom. The minimum absolute atomic E-state index is 0.0540. The third kappa shape index (κ3) is 5.46. The van der Waals surface area contributed by atoms with Gasteiger partial charge < -0.3 is 9.64 Å². The Morgan fingerprint density at radius 2 is 2.00 bits per heavy atom. The highest BCUT2D eigenvalue weighted by atomic mass is 32.2. The maximum absolute atomic E-state index is 12.4. The molecule has 0 saturated heterocycles. The van der Waals surface area contributed by atoms with Gasteiger partial charge in [-0.15, -0.1) is 0 Å². The zero-order chi connectivity index (χ0) is 18.4. The van der Waals surface area contributed by atoms with Gasteiger partial charge in [0.15, 0.2) is 0 Å². The van der Waals surface area contributed by atoms with Crippen molar-refractivity contribution in [1.82, 2.24) is 14.9 Å². The average Bonchev–Trinajstić information content (AvgIpc) is 2.59. The molecule has 0 saturated carbocycles. The summed E-state index contributed by atoms with van der Waals surface area (Å²) in [7, 11) is 3.44. The lowest BCUT2D eigenvalue weighted by Gasteiger charge is -2.18. The molecule has 0 aliphatic carbocycles. The van der Waals surface area contributed by atoms with Crippen molar-refractivity contribution in [2.24, 2.45) is 0 Å². The van der Waals surface area contributed by atoms with Crippen molar-refractivity contribution in [2.75, 3.05) is 19.9 Å². The Labute approximate surface area is 153 Å². The van der Waals surface area contributed by atoms with Gasteiger partial charge in [-0.1, -0.05) is 43.8 Å². The van der Waals surface area contributed by atoms with Crippen molar-refractivity contribution in [3.05, 3.63) is 47.4 Å². The molecule has 1 aromatic carbocycles. The first-order valence-corrected chi connectivity index (χ1v) is 9.23. The Balaban J connectivity index is 1.98. The molecule has 0 atom stereocenters. The molecule has 1 aromatic heterocycles. The van der Waals surface area contributed by atoms with E-state index in [1.54, 1.807) is 19.1 Å². The molecule has 0 fully saturated rings. The van der Waals surface area contributed by atoms with E-state index in [4.69, 9.17) is 4.74 Å². The lowest BCUT2D eigenvalue weighted by atomic mass is 10.2. The summed E-state index contributed by atoms with van der Waals surface area (Å²) in [4.78, 5) is 23.1. The van der Waals surface area contributed by atoms with Gasteiger partial charge in [-0.05, 0) is 19.1 Å². The number of hydrogen-bond donors (Lipinski definition) is 0. The molecule has 0 radical (unpaired) electrons. The molecule has 1 amide bonds. The molecule has 0 spiro atoms. The quantitative estimate of drug-likeness (QED) is 0.558. The zero-order valence-electron chi connectivity index (χ0n) is 15.4. The second-order valence-corrected chi connectivity index (χ2v) is 7.21. The molecule has 1 heterocycles. The minimum Gasteiger partial charge on any atom is -0.496 e. The minimum atomic E-state index is 0.0540. The zero-order valence-corrected chi connectivity index (χ0v) is 16.3. The van der Waals surface area contributed by atoms with Crippen LogP contribution in [0.1, 0.15) is 36.8 Å². The van der Waals surface area contributed by atoms with E-state index in [2.05, 4.69) is 23.8 Å². The van der Waals surface area contributed by atoms with E-state index in [1.807, 2.05) is 37.3 Å². The van der Waals surface area contributed by atoms with Gasteiger partial charge in [0.1, 0.15) is 16.6 Å². The first-order valence-electron chi connectivity index (χ1n) is 8.25. The summed E-state index contributed by atoms with van der Waals surface area (Å²) in [5.74, 6) is 2.28. The van der Waals surface area contributed by atoms with Gasteiger partial charge in [-0.25, -0.2) is 9.97 Å². The smallest absolute Gasteiger partial charge is 0.233 e. The van der Waals surface area contributed by atoms with Crippen molar-refractivity contribution in [1.29, 1.82) is 0 Å². The molecule has 0 unspecified atom stereocenters. The van der Waals surface area contributed by atoms with E-state index >= 15 is 0 Å². The summed E-state index contributed by atoms with van der Waals surface area (Å²) >= 11 is 1.45. The predicted molar refractivity (Wildman–Crippen MR) is 101 cm³/mol. The fourth-order valence-corrected chi connectivity index (χ4v) is 3.22. The number of thioether (sulfide) groups is 1. The number of para-hydroxylation sites is 1. The van der Waals surface area contributed by atoms with Crippen molar-refractivity contribution in [3.63, 3.8) is 0 Å². The molecule has 134 valence electrons. The molecule has 5 nitrogen and oxygen atoms in total. The highest BCUT2D eigenvalue weighted by molar-refractivity contribution is 7.99. The molecule has 2 rings (SSSR count). The number of amides is 1. The van der Waals surface area contributed by atoms with Crippen molar-refractivity contribution in [3.8, 4) is 5.75 Å². The standard InChI is InChI=1S/C19H25N3O2S/c1-13(2)19-20-14(3)10-17(21-19)25-12-18(23)22(4)11-15-8-6-7-9-16(15)24-5/h6-10,13H,11-12H2,1-5H3. The summed E-state index contributed by atoms with van der Waals surface area (Å²) in [5.41, 5.74) is 1.92. The number of nitrogens with zero attached hydrogens (tertiary/aromatic N) is 3. The normalized spacial score (nSPS) is 10.8. The molecular weight excluding hydrogens is 334 g/mol. The molecule has 6 heteroatoms. The summed E-state index contributed by atoms with van der Waals surface area (Å²) in [5, 5.41) is 0.843. The summed E-state index contributed by atoms with van der Waals surface area (Å²) in [6.07, 6.45) is 0. The predicted octanol–water partition coefficient (Wildman–Crippen LogP) is 3.67. The highest BCUT2D eigenvalue weighted by Crippen LogP contribution is 2.21. The van der Waals surface area contributed by atoms with E-state index in [1.165, 1.54) is 11.8 Å². The largest absolute Gasteiger partial charge is 0.496 e. The number of carbonyl (C=O) groups excluding carboxylic acids is 1. The van der Waals surface area contributed by atoms with E-state index in [0.717, 1.165) is 27.9 Å². The molecule has 0 aliphatic rings. The van der Waals surface area contributed by atoms with Gasteiger partial charge in [-0.2, -0.15) is 0 Å². The second-order valence-electron chi connectivity index (χ2n) is 6.21. The molecule has 25 heavy (non-hydrogen) atoms. The number of rotatable bonds is 7. The van der Waals surface area contributed by atoms with Crippen LogP contribution >= 0.6 is 11.8 Å². The topological polar surface area (TPSA) is 55.3 Å². The van der Waals surface area contributed by atoms with Crippen LogP contribution in [0, 0.1) is 6.92 Å². The highest BCUT2D eigenvalue weighted by Gasteiger charge is 2.14. The fourth-order valence-electron chi connectivity index (χ4n) is 2.32. The van der Waals surface area contributed by atoms with Crippen LogP contribution < -0.4 is 4.74 Å².